The monoisotopic (exact) mass is 328 g/mol. The molecule has 2 aromatic heterocycles. The molecule has 7 heteroatoms. The number of amides is 1. The number of nitrogens with zero attached hydrogens (tertiary/aromatic N) is 5. The van der Waals surface area contributed by atoms with Crippen LogP contribution in [0.1, 0.15) is 38.5 Å². The van der Waals surface area contributed by atoms with Crippen LogP contribution in [0.2, 0.25) is 0 Å². The molecule has 1 amide bonds. The van der Waals surface area contributed by atoms with Crippen LogP contribution in [0.3, 0.4) is 0 Å². The first-order valence-electron chi connectivity index (χ1n) is 9.02. The molecule has 0 atom stereocenters. The summed E-state index contributed by atoms with van der Waals surface area (Å²) in [5, 5.41) is 8.46. The Labute approximate surface area is 141 Å². The number of carbonyl (C=O) groups excluding carboxylic acids is 1. The van der Waals surface area contributed by atoms with Gasteiger partial charge in [0.15, 0.2) is 5.65 Å². The number of fused-ring (bicyclic) bond motifs is 1. The van der Waals surface area contributed by atoms with Crippen LogP contribution in [0.15, 0.2) is 12.5 Å². The molecule has 1 N–H and O–H groups in total. The fraction of sp³-hybridized carbons (Fsp3) is 0.647. The number of nitrogens with one attached hydrogen (secondary N) is 1. The van der Waals surface area contributed by atoms with Gasteiger partial charge in [-0.25, -0.2) is 14.6 Å². The molecule has 24 heavy (non-hydrogen) atoms. The lowest BCUT2D eigenvalue weighted by Crippen LogP contribution is -2.28. The molecule has 0 spiro atoms. The van der Waals surface area contributed by atoms with Crippen molar-refractivity contribution >= 4 is 22.8 Å². The van der Waals surface area contributed by atoms with Crippen molar-refractivity contribution in [2.24, 2.45) is 5.92 Å². The van der Waals surface area contributed by atoms with Crippen molar-refractivity contribution < 1.29 is 4.79 Å². The Morgan fingerprint density at radius 1 is 1.17 bits per heavy atom. The van der Waals surface area contributed by atoms with Crippen molar-refractivity contribution in [3.8, 4) is 0 Å². The van der Waals surface area contributed by atoms with Gasteiger partial charge in [0.1, 0.15) is 12.1 Å². The van der Waals surface area contributed by atoms with Crippen molar-refractivity contribution in [2.75, 3.05) is 24.5 Å². The molecule has 7 nitrogen and oxygen atoms in total. The van der Waals surface area contributed by atoms with Crippen molar-refractivity contribution in [3.05, 3.63) is 12.5 Å². The molecule has 1 saturated heterocycles. The summed E-state index contributed by atoms with van der Waals surface area (Å²) < 4.78 is 1.87. The minimum atomic E-state index is 0.173. The summed E-state index contributed by atoms with van der Waals surface area (Å²) in [7, 11) is 0. The molecule has 0 radical (unpaired) electrons. The lowest BCUT2D eigenvalue weighted by Gasteiger charge is -2.21. The largest absolute Gasteiger partial charge is 0.356 e. The fourth-order valence-corrected chi connectivity index (χ4v) is 3.35. The first-order chi connectivity index (χ1) is 11.8. The highest BCUT2D eigenvalue weighted by Gasteiger charge is 2.29. The van der Waals surface area contributed by atoms with Gasteiger partial charge in [0, 0.05) is 25.6 Å². The van der Waals surface area contributed by atoms with Crippen molar-refractivity contribution in [3.63, 3.8) is 0 Å². The van der Waals surface area contributed by atoms with Gasteiger partial charge in [-0.2, -0.15) is 5.10 Å². The fourth-order valence-electron chi connectivity index (χ4n) is 3.35. The highest BCUT2D eigenvalue weighted by molar-refractivity contribution is 5.86. The van der Waals surface area contributed by atoms with Crippen LogP contribution in [-0.4, -0.2) is 45.3 Å². The van der Waals surface area contributed by atoms with Crippen LogP contribution < -0.4 is 10.2 Å². The van der Waals surface area contributed by atoms with E-state index in [1.807, 2.05) is 10.9 Å². The Balaban J connectivity index is 1.49. The van der Waals surface area contributed by atoms with Gasteiger partial charge >= 0.3 is 0 Å². The molecule has 2 fully saturated rings. The van der Waals surface area contributed by atoms with Gasteiger partial charge in [0.25, 0.3) is 0 Å². The second-order valence-electron chi connectivity index (χ2n) is 6.77. The van der Waals surface area contributed by atoms with Crippen molar-refractivity contribution in [1.82, 2.24) is 25.1 Å². The number of rotatable bonds is 5. The predicted molar refractivity (Wildman–Crippen MR) is 91.7 cm³/mol. The molecule has 2 aromatic rings. The van der Waals surface area contributed by atoms with Crippen LogP contribution in [0.5, 0.6) is 0 Å². The van der Waals surface area contributed by atoms with Gasteiger partial charge in [-0.05, 0) is 25.7 Å². The molecule has 1 saturated carbocycles. The highest BCUT2D eigenvalue weighted by atomic mass is 16.2. The third-order valence-electron chi connectivity index (χ3n) is 4.89. The normalized spacial score (nSPS) is 18.6. The molecule has 128 valence electrons. The van der Waals surface area contributed by atoms with E-state index >= 15 is 0 Å². The molecular weight excluding hydrogens is 304 g/mol. The quantitative estimate of drug-likeness (QED) is 0.904. The third-order valence-corrected chi connectivity index (χ3v) is 4.89. The van der Waals surface area contributed by atoms with E-state index in [2.05, 4.69) is 25.3 Å². The van der Waals surface area contributed by atoms with Gasteiger partial charge in [0.05, 0.1) is 18.1 Å². The summed E-state index contributed by atoms with van der Waals surface area (Å²) in [5.74, 6) is 1.41. The molecule has 3 heterocycles. The van der Waals surface area contributed by atoms with Crippen LogP contribution in [0.25, 0.3) is 11.0 Å². The van der Waals surface area contributed by atoms with E-state index < -0.39 is 0 Å². The molecule has 0 bridgehead atoms. The van der Waals surface area contributed by atoms with Gasteiger partial charge in [-0.1, -0.05) is 12.8 Å². The first kappa shape index (κ1) is 15.4. The highest BCUT2D eigenvalue weighted by Crippen LogP contribution is 2.28. The van der Waals surface area contributed by atoms with E-state index in [0.29, 0.717) is 13.1 Å². The first-order valence-corrected chi connectivity index (χ1v) is 9.02. The Bertz CT molecular complexity index is 715. The zero-order valence-electron chi connectivity index (χ0n) is 13.9. The Hall–Kier alpha value is -2.18. The molecule has 1 aliphatic heterocycles. The summed E-state index contributed by atoms with van der Waals surface area (Å²) >= 11 is 0. The van der Waals surface area contributed by atoms with Gasteiger partial charge < -0.3 is 10.2 Å². The van der Waals surface area contributed by atoms with E-state index in [0.717, 1.165) is 42.8 Å². The van der Waals surface area contributed by atoms with Crippen molar-refractivity contribution in [1.29, 1.82) is 0 Å². The summed E-state index contributed by atoms with van der Waals surface area (Å²) in [6.07, 6.45) is 10.6. The number of hydrogen-bond donors (Lipinski definition) is 1. The lowest BCUT2D eigenvalue weighted by molar-refractivity contribution is -0.122. The van der Waals surface area contributed by atoms with Crippen LogP contribution in [-0.2, 0) is 11.3 Å². The molecule has 0 unspecified atom stereocenters. The average molecular weight is 328 g/mol. The minimum Gasteiger partial charge on any atom is -0.356 e. The second-order valence-corrected chi connectivity index (χ2v) is 6.77. The van der Waals surface area contributed by atoms with Crippen molar-refractivity contribution in [2.45, 2.75) is 45.1 Å². The standard InChI is InChI=1S/C17H24N6O/c24-17(13-5-6-13)18-7-10-23-16-14(11-21-23)15(19-12-20-16)22-8-3-1-2-4-9-22/h11-13H,1-10H2,(H,18,24). The minimum absolute atomic E-state index is 0.173. The maximum Gasteiger partial charge on any atom is 0.223 e. The van der Waals surface area contributed by atoms with Crippen LogP contribution in [0.4, 0.5) is 5.82 Å². The number of hydrogen-bond acceptors (Lipinski definition) is 5. The van der Waals surface area contributed by atoms with E-state index in [1.165, 1.54) is 25.7 Å². The number of aromatic nitrogens is 4. The second kappa shape index (κ2) is 6.75. The van der Waals surface area contributed by atoms with E-state index in [9.17, 15) is 4.79 Å². The van der Waals surface area contributed by atoms with Crippen LogP contribution >= 0.6 is 0 Å². The van der Waals surface area contributed by atoms with E-state index in [-0.39, 0.29) is 11.8 Å². The van der Waals surface area contributed by atoms with Crippen LogP contribution in [0, 0.1) is 5.92 Å². The van der Waals surface area contributed by atoms with Gasteiger partial charge in [-0.15, -0.1) is 0 Å². The molecular formula is C17H24N6O. The topological polar surface area (TPSA) is 75.9 Å². The Morgan fingerprint density at radius 2 is 1.96 bits per heavy atom. The Morgan fingerprint density at radius 3 is 2.71 bits per heavy atom. The molecule has 0 aromatic carbocycles. The Kier molecular flexibility index (Phi) is 4.32. The molecule has 4 rings (SSSR count). The lowest BCUT2D eigenvalue weighted by atomic mass is 10.2. The number of carbonyl (C=O) groups is 1. The molecule has 1 aliphatic carbocycles. The molecule has 2 aliphatic rings. The smallest absolute Gasteiger partial charge is 0.223 e. The predicted octanol–water partition coefficient (Wildman–Crippen LogP) is 1.73. The van der Waals surface area contributed by atoms with E-state index in [1.54, 1.807) is 6.33 Å². The third kappa shape index (κ3) is 3.20. The van der Waals surface area contributed by atoms with Gasteiger partial charge in [-0.3, -0.25) is 4.79 Å². The van der Waals surface area contributed by atoms with Gasteiger partial charge in [0.2, 0.25) is 5.91 Å². The summed E-state index contributed by atoms with van der Waals surface area (Å²) in [6, 6.07) is 0. The summed E-state index contributed by atoms with van der Waals surface area (Å²) in [6.45, 7) is 3.33. The average Bonchev–Trinajstić information content (AvgIpc) is 3.40. The summed E-state index contributed by atoms with van der Waals surface area (Å²) in [4.78, 5) is 23.0. The maximum absolute atomic E-state index is 11.7. The maximum atomic E-state index is 11.7. The SMILES string of the molecule is O=C(NCCn1ncc2c(N3CCCCCC3)ncnc21)C1CC1. The zero-order chi connectivity index (χ0) is 16.4. The number of anilines is 1. The zero-order valence-corrected chi connectivity index (χ0v) is 13.9. The summed E-state index contributed by atoms with van der Waals surface area (Å²) in [5.41, 5.74) is 0.852. The van der Waals surface area contributed by atoms with E-state index in [4.69, 9.17) is 0 Å².